The molecule has 2 heterocycles. The zero-order chi connectivity index (χ0) is 46.2. The van der Waals surface area contributed by atoms with Crippen molar-refractivity contribution in [1.29, 1.82) is 0 Å². The third-order valence-corrected chi connectivity index (χ3v) is 16.3. The van der Waals surface area contributed by atoms with Gasteiger partial charge in [0, 0.05) is 39.1 Å². The first-order valence-corrected chi connectivity index (χ1v) is 24.5. The molecular formula is C63H60BN2O. The standard InChI is InChI=1S/C63H60BN2O/c1-38-33-48-50(62(6,7)31-29-60(48,2)3)36-53(38)66-57-45-22-16-14-20-42(45)34-47(56(57)64-59-58(66)46-35-49-51(37-54(46)67-59)63(8,9)32-30-61(49,4)5)55-44-21-15-13-19-41(44)25-28-52(55)65-43-26-23-40(24-27-43)39-17-11-10-12-18-39/h10-28,33-37,65H,29-32H2,1-9H3. The molecule has 4 heteroatoms. The maximum atomic E-state index is 7.30. The number of rotatable bonds is 5. The third kappa shape index (κ3) is 6.61. The second kappa shape index (κ2) is 14.7. The minimum Gasteiger partial charge on any atom is -0.469 e. The lowest BCUT2D eigenvalue weighted by molar-refractivity contribution is 0.332. The number of aryl methyl sites for hydroxylation is 1. The highest BCUT2D eigenvalue weighted by Crippen LogP contribution is 2.54. The van der Waals surface area contributed by atoms with E-state index in [1.807, 2.05) is 0 Å². The van der Waals surface area contributed by atoms with Crippen LogP contribution >= 0.6 is 0 Å². The molecule has 3 aliphatic rings. The van der Waals surface area contributed by atoms with Crippen LogP contribution < -0.4 is 21.3 Å². The fraction of sp³-hybridized carbons (Fsp3) is 0.270. The van der Waals surface area contributed by atoms with Gasteiger partial charge < -0.3 is 14.6 Å². The van der Waals surface area contributed by atoms with Crippen LogP contribution in [0.5, 0.6) is 0 Å². The molecule has 1 N–H and O–H groups in total. The molecule has 0 saturated carbocycles. The number of nitrogens with zero attached hydrogens (tertiary/aromatic N) is 1. The molecule has 0 saturated heterocycles. The Morgan fingerprint density at radius 3 is 1.76 bits per heavy atom. The van der Waals surface area contributed by atoms with Gasteiger partial charge in [-0.15, -0.1) is 0 Å². The van der Waals surface area contributed by atoms with Gasteiger partial charge in [0.2, 0.25) is 7.28 Å². The Hall–Kier alpha value is -6.52. The predicted molar refractivity (Wildman–Crippen MR) is 287 cm³/mol. The predicted octanol–water partition coefficient (Wildman–Crippen LogP) is 16.3. The first-order chi connectivity index (χ1) is 32.1. The molecule has 0 bridgehead atoms. The van der Waals surface area contributed by atoms with Gasteiger partial charge in [0.25, 0.3) is 0 Å². The Balaban J connectivity index is 1.15. The molecule has 0 unspecified atom stereocenters. The zero-order valence-corrected chi connectivity index (χ0v) is 40.6. The molecule has 0 spiro atoms. The van der Waals surface area contributed by atoms with E-state index >= 15 is 0 Å². The molecule has 67 heavy (non-hydrogen) atoms. The Morgan fingerprint density at radius 1 is 0.507 bits per heavy atom. The minimum absolute atomic E-state index is 0.0285. The number of hydrogen-bond acceptors (Lipinski definition) is 3. The summed E-state index contributed by atoms with van der Waals surface area (Å²) in [6.07, 6.45) is 4.62. The average molecular weight is 872 g/mol. The van der Waals surface area contributed by atoms with Crippen LogP contribution in [-0.4, -0.2) is 7.28 Å². The smallest absolute Gasteiger partial charge is 0.247 e. The van der Waals surface area contributed by atoms with Crippen LogP contribution in [0.1, 0.15) is 109 Å². The molecule has 2 aliphatic carbocycles. The van der Waals surface area contributed by atoms with Crippen LogP contribution in [0.25, 0.3) is 54.8 Å². The van der Waals surface area contributed by atoms with Crippen molar-refractivity contribution in [2.75, 3.05) is 10.2 Å². The van der Waals surface area contributed by atoms with E-state index in [-0.39, 0.29) is 21.7 Å². The van der Waals surface area contributed by atoms with Gasteiger partial charge >= 0.3 is 0 Å². The van der Waals surface area contributed by atoms with Gasteiger partial charge in [-0.3, -0.25) is 0 Å². The SMILES string of the molecule is Cc1cc2c(cc1N1c3c(c(-c4c(Nc5ccc(-c6ccccc6)cc5)ccc5ccccc45)cc4ccccc34)[B]c3oc4cc5c(cc4c31)C(C)(C)CCC5(C)C)C(C)(C)CCC2(C)C. The fourth-order valence-electron chi connectivity index (χ4n) is 12.1. The van der Waals surface area contributed by atoms with E-state index in [0.717, 1.165) is 53.0 Å². The lowest BCUT2D eigenvalue weighted by Crippen LogP contribution is -2.41. The number of hydrogen-bond donors (Lipinski definition) is 1. The largest absolute Gasteiger partial charge is 0.469 e. The fourth-order valence-corrected chi connectivity index (χ4v) is 12.1. The first kappa shape index (κ1) is 41.9. The van der Waals surface area contributed by atoms with Crippen LogP contribution in [0.3, 0.4) is 0 Å². The second-order valence-electron chi connectivity index (χ2n) is 22.6. The molecule has 3 nitrogen and oxygen atoms in total. The summed E-state index contributed by atoms with van der Waals surface area (Å²) in [5.41, 5.74) is 20.7. The van der Waals surface area contributed by atoms with Crippen LogP contribution in [-0.2, 0) is 21.7 Å². The maximum absolute atomic E-state index is 7.30. The van der Waals surface area contributed by atoms with Gasteiger partial charge in [-0.2, -0.15) is 0 Å². The first-order valence-electron chi connectivity index (χ1n) is 24.5. The molecule has 12 rings (SSSR count). The van der Waals surface area contributed by atoms with Crippen LogP contribution in [0.15, 0.2) is 150 Å². The van der Waals surface area contributed by atoms with Gasteiger partial charge in [-0.05, 0) is 163 Å². The molecule has 0 atom stereocenters. The summed E-state index contributed by atoms with van der Waals surface area (Å²) in [7, 11) is 2.37. The number of fused-ring (bicyclic) bond motifs is 9. The molecule has 1 aliphatic heterocycles. The topological polar surface area (TPSA) is 28.4 Å². The summed E-state index contributed by atoms with van der Waals surface area (Å²) < 4.78 is 7.30. The molecule has 331 valence electrons. The summed E-state index contributed by atoms with van der Waals surface area (Å²) in [4.78, 5) is 2.63. The van der Waals surface area contributed by atoms with E-state index in [9.17, 15) is 0 Å². The lowest BCUT2D eigenvalue weighted by atomic mass is 9.60. The number of anilines is 5. The van der Waals surface area contributed by atoms with Gasteiger partial charge in [-0.25, -0.2) is 0 Å². The van der Waals surface area contributed by atoms with E-state index in [0.29, 0.717) is 0 Å². The maximum Gasteiger partial charge on any atom is 0.247 e. The molecule has 9 aromatic rings. The summed E-state index contributed by atoms with van der Waals surface area (Å²) in [5.74, 6) is 0. The van der Waals surface area contributed by atoms with Gasteiger partial charge in [-0.1, -0.05) is 159 Å². The zero-order valence-electron chi connectivity index (χ0n) is 40.6. The minimum atomic E-state index is 0.0285. The summed E-state index contributed by atoms with van der Waals surface area (Å²) in [6, 6.07) is 54.3. The quantitative estimate of drug-likeness (QED) is 0.175. The van der Waals surface area contributed by atoms with Crippen LogP contribution in [0, 0.1) is 6.92 Å². The third-order valence-electron chi connectivity index (χ3n) is 16.3. The Kier molecular flexibility index (Phi) is 9.21. The molecule has 8 aromatic carbocycles. The van der Waals surface area contributed by atoms with Crippen molar-refractivity contribution in [3.05, 3.63) is 173 Å². The Labute approximate surface area is 397 Å². The summed E-state index contributed by atoms with van der Waals surface area (Å²) >= 11 is 0. The van der Waals surface area contributed by atoms with E-state index in [4.69, 9.17) is 4.42 Å². The highest BCUT2D eigenvalue weighted by molar-refractivity contribution is 6.73. The summed E-state index contributed by atoms with van der Waals surface area (Å²) in [6.45, 7) is 21.8. The second-order valence-corrected chi connectivity index (χ2v) is 22.6. The molecule has 0 amide bonds. The highest BCUT2D eigenvalue weighted by atomic mass is 16.3. The molecule has 0 fully saturated rings. The van der Waals surface area contributed by atoms with Crippen molar-refractivity contribution in [3.63, 3.8) is 0 Å². The monoisotopic (exact) mass is 871 g/mol. The van der Waals surface area contributed by atoms with E-state index in [1.54, 1.807) is 0 Å². The van der Waals surface area contributed by atoms with Gasteiger partial charge in [0.05, 0.1) is 11.3 Å². The Morgan fingerprint density at radius 2 is 1.07 bits per heavy atom. The number of nitrogens with one attached hydrogen (secondary N) is 1. The average Bonchev–Trinajstić information content (AvgIpc) is 3.68. The molecule has 1 aromatic heterocycles. The van der Waals surface area contributed by atoms with Crippen molar-refractivity contribution in [1.82, 2.24) is 0 Å². The van der Waals surface area contributed by atoms with Crippen LogP contribution in [0.2, 0.25) is 0 Å². The van der Waals surface area contributed by atoms with Crippen molar-refractivity contribution < 1.29 is 4.42 Å². The lowest BCUT2D eigenvalue weighted by Gasteiger charge is -2.43. The van der Waals surface area contributed by atoms with E-state index in [2.05, 4.69) is 225 Å². The van der Waals surface area contributed by atoms with Crippen LogP contribution in [0.4, 0.5) is 28.4 Å². The molecular weight excluding hydrogens is 812 g/mol. The van der Waals surface area contributed by atoms with Crippen molar-refractivity contribution in [2.45, 2.75) is 110 Å². The highest BCUT2D eigenvalue weighted by Gasteiger charge is 2.42. The van der Waals surface area contributed by atoms with Gasteiger partial charge in [0.1, 0.15) is 5.58 Å². The van der Waals surface area contributed by atoms with Crippen molar-refractivity contribution in [3.8, 4) is 22.3 Å². The Bertz CT molecular complexity index is 3480. The van der Waals surface area contributed by atoms with Crippen molar-refractivity contribution >= 4 is 79.4 Å². The normalized spacial score (nSPS) is 17.4. The van der Waals surface area contributed by atoms with E-state index < -0.39 is 0 Å². The van der Waals surface area contributed by atoms with Crippen molar-refractivity contribution in [2.24, 2.45) is 0 Å². The summed E-state index contributed by atoms with van der Waals surface area (Å²) in [5, 5.41) is 9.94. The van der Waals surface area contributed by atoms with Gasteiger partial charge in [0.15, 0.2) is 0 Å². The molecule has 1 radical (unpaired) electrons. The number of furan rings is 1. The number of benzene rings is 8. The van der Waals surface area contributed by atoms with E-state index in [1.165, 1.54) is 94.8 Å².